The van der Waals surface area contributed by atoms with E-state index in [1.165, 1.54) is 0 Å². The van der Waals surface area contributed by atoms with Crippen molar-refractivity contribution in [2.24, 2.45) is 0 Å². The van der Waals surface area contributed by atoms with E-state index in [4.69, 9.17) is 9.15 Å². The van der Waals surface area contributed by atoms with Crippen LogP contribution in [0.1, 0.15) is 5.76 Å². The molecular formula is C12H12N4O2. The molecule has 0 radical (unpaired) electrons. The van der Waals surface area contributed by atoms with Gasteiger partial charge < -0.3 is 14.5 Å². The van der Waals surface area contributed by atoms with E-state index in [2.05, 4.69) is 15.3 Å². The van der Waals surface area contributed by atoms with Crippen LogP contribution >= 0.6 is 0 Å². The van der Waals surface area contributed by atoms with E-state index in [9.17, 15) is 0 Å². The Bertz CT molecular complexity index is 645. The van der Waals surface area contributed by atoms with Gasteiger partial charge >= 0.3 is 0 Å². The molecule has 0 saturated heterocycles. The summed E-state index contributed by atoms with van der Waals surface area (Å²) in [7, 11) is 1.81. The fourth-order valence-electron chi connectivity index (χ4n) is 1.65. The first-order valence-corrected chi connectivity index (χ1v) is 5.53. The van der Waals surface area contributed by atoms with Gasteiger partial charge in [-0.15, -0.1) is 0 Å². The first-order valence-electron chi connectivity index (χ1n) is 5.53. The van der Waals surface area contributed by atoms with Crippen LogP contribution in [-0.2, 0) is 6.61 Å². The van der Waals surface area contributed by atoms with Crippen LogP contribution in [0.3, 0.4) is 0 Å². The van der Waals surface area contributed by atoms with E-state index < -0.39 is 0 Å². The van der Waals surface area contributed by atoms with Crippen LogP contribution in [0.4, 0.5) is 5.82 Å². The highest BCUT2D eigenvalue weighted by atomic mass is 16.5. The van der Waals surface area contributed by atoms with Crippen molar-refractivity contribution in [3.05, 3.63) is 42.7 Å². The molecule has 3 aromatic rings. The number of fused-ring (bicyclic) bond motifs is 1. The van der Waals surface area contributed by atoms with Gasteiger partial charge in [0.25, 0.3) is 5.88 Å². The number of aromatic nitrogens is 3. The van der Waals surface area contributed by atoms with Crippen LogP contribution in [0, 0.1) is 0 Å². The first-order chi connectivity index (χ1) is 8.86. The van der Waals surface area contributed by atoms with Crippen LogP contribution in [0.2, 0.25) is 0 Å². The molecule has 0 atom stereocenters. The lowest BCUT2D eigenvalue weighted by atomic mass is 10.5. The predicted molar refractivity (Wildman–Crippen MR) is 65.6 cm³/mol. The van der Waals surface area contributed by atoms with E-state index >= 15 is 0 Å². The number of furan rings is 1. The second kappa shape index (κ2) is 4.40. The third-order valence-electron chi connectivity index (χ3n) is 2.53. The molecule has 18 heavy (non-hydrogen) atoms. The fraction of sp³-hybridized carbons (Fsp3) is 0.167. The highest BCUT2D eigenvalue weighted by Crippen LogP contribution is 2.19. The van der Waals surface area contributed by atoms with Crippen molar-refractivity contribution in [1.82, 2.24) is 14.4 Å². The van der Waals surface area contributed by atoms with E-state index in [0.29, 0.717) is 18.1 Å². The number of rotatable bonds is 4. The lowest BCUT2D eigenvalue weighted by Gasteiger charge is -2.07. The molecule has 0 aromatic carbocycles. The maximum Gasteiger partial charge on any atom is 0.260 e. The van der Waals surface area contributed by atoms with Crippen LogP contribution in [0.25, 0.3) is 5.65 Å². The van der Waals surface area contributed by atoms with Gasteiger partial charge in [-0.1, -0.05) is 0 Å². The fourth-order valence-corrected chi connectivity index (χ4v) is 1.65. The summed E-state index contributed by atoms with van der Waals surface area (Å²) in [5.74, 6) is 1.94. The van der Waals surface area contributed by atoms with Gasteiger partial charge in [-0.25, -0.2) is 4.98 Å². The number of imidazole rings is 1. The first kappa shape index (κ1) is 10.6. The quantitative estimate of drug-likeness (QED) is 0.759. The zero-order chi connectivity index (χ0) is 12.4. The Morgan fingerprint density at radius 1 is 1.50 bits per heavy atom. The van der Waals surface area contributed by atoms with Crippen molar-refractivity contribution in [2.45, 2.75) is 6.61 Å². The summed E-state index contributed by atoms with van der Waals surface area (Å²) in [6.07, 6.45) is 7.01. The van der Waals surface area contributed by atoms with Crippen LogP contribution in [0.5, 0.6) is 5.88 Å². The second-order valence-electron chi connectivity index (χ2n) is 3.71. The normalized spacial score (nSPS) is 10.7. The maximum absolute atomic E-state index is 5.64. The van der Waals surface area contributed by atoms with Gasteiger partial charge in [0, 0.05) is 19.4 Å². The second-order valence-corrected chi connectivity index (χ2v) is 3.71. The molecule has 3 rings (SSSR count). The van der Waals surface area contributed by atoms with Gasteiger partial charge in [-0.2, -0.15) is 4.98 Å². The Labute approximate surface area is 103 Å². The summed E-state index contributed by atoms with van der Waals surface area (Å²) in [5, 5.41) is 2.98. The molecule has 6 nitrogen and oxygen atoms in total. The van der Waals surface area contributed by atoms with Gasteiger partial charge in [0.15, 0.2) is 0 Å². The Hall–Kier alpha value is -2.50. The summed E-state index contributed by atoms with van der Waals surface area (Å²) in [4.78, 5) is 8.54. The summed E-state index contributed by atoms with van der Waals surface area (Å²) < 4.78 is 12.7. The van der Waals surface area contributed by atoms with Crippen molar-refractivity contribution in [3.8, 4) is 5.88 Å². The molecule has 3 aromatic heterocycles. The number of hydrogen-bond acceptors (Lipinski definition) is 5. The molecule has 3 heterocycles. The number of hydrogen-bond donors (Lipinski definition) is 1. The number of nitrogens with zero attached hydrogens (tertiary/aromatic N) is 3. The molecule has 0 fully saturated rings. The molecule has 0 spiro atoms. The van der Waals surface area contributed by atoms with E-state index in [-0.39, 0.29) is 0 Å². The number of nitrogens with one attached hydrogen (secondary N) is 1. The average Bonchev–Trinajstić information content (AvgIpc) is 3.06. The molecule has 0 bridgehead atoms. The highest BCUT2D eigenvalue weighted by molar-refractivity contribution is 5.53. The lowest BCUT2D eigenvalue weighted by molar-refractivity contribution is 0.262. The summed E-state index contributed by atoms with van der Waals surface area (Å²) in [5.41, 5.74) is 0.681. The zero-order valence-corrected chi connectivity index (χ0v) is 9.83. The van der Waals surface area contributed by atoms with Crippen molar-refractivity contribution in [3.63, 3.8) is 0 Å². The summed E-state index contributed by atoms with van der Waals surface area (Å²) >= 11 is 0. The van der Waals surface area contributed by atoms with Gasteiger partial charge in [-0.05, 0) is 12.1 Å². The van der Waals surface area contributed by atoms with Crippen molar-refractivity contribution >= 4 is 11.5 Å². The van der Waals surface area contributed by atoms with E-state index in [0.717, 1.165) is 11.6 Å². The molecule has 0 aliphatic carbocycles. The number of anilines is 1. The Morgan fingerprint density at radius 3 is 3.22 bits per heavy atom. The molecule has 1 N–H and O–H groups in total. The van der Waals surface area contributed by atoms with Gasteiger partial charge in [0.05, 0.1) is 12.5 Å². The summed E-state index contributed by atoms with van der Waals surface area (Å²) in [6, 6.07) is 3.67. The van der Waals surface area contributed by atoms with Crippen LogP contribution in [-0.4, -0.2) is 21.4 Å². The van der Waals surface area contributed by atoms with Crippen LogP contribution in [0.15, 0.2) is 41.4 Å². The van der Waals surface area contributed by atoms with Crippen LogP contribution < -0.4 is 10.1 Å². The monoisotopic (exact) mass is 244 g/mol. The largest absolute Gasteiger partial charge is 0.467 e. The Balaban J connectivity index is 1.92. The lowest BCUT2D eigenvalue weighted by Crippen LogP contribution is -2.02. The standard InChI is InChI=1S/C12H12N4O2/c1-13-10-7-16-5-4-14-11(16)12(15-10)18-8-9-3-2-6-17-9/h2-7,13H,8H2,1H3. The van der Waals surface area contributed by atoms with E-state index in [1.807, 2.05) is 28.9 Å². The summed E-state index contributed by atoms with van der Waals surface area (Å²) in [6.45, 7) is 0.329. The molecule has 6 heteroatoms. The van der Waals surface area contributed by atoms with Crippen molar-refractivity contribution < 1.29 is 9.15 Å². The minimum absolute atomic E-state index is 0.329. The Morgan fingerprint density at radius 2 is 2.44 bits per heavy atom. The van der Waals surface area contributed by atoms with Gasteiger partial charge in [0.1, 0.15) is 18.2 Å². The number of ether oxygens (including phenoxy) is 1. The SMILES string of the molecule is CNc1cn2ccnc2c(OCc2ccco2)n1. The Kier molecular flexibility index (Phi) is 2.60. The van der Waals surface area contributed by atoms with Gasteiger partial charge in [-0.3, -0.25) is 4.40 Å². The molecule has 0 amide bonds. The molecular weight excluding hydrogens is 232 g/mol. The molecule has 92 valence electrons. The van der Waals surface area contributed by atoms with Crippen molar-refractivity contribution in [2.75, 3.05) is 12.4 Å². The van der Waals surface area contributed by atoms with Crippen molar-refractivity contribution in [1.29, 1.82) is 0 Å². The minimum atomic E-state index is 0.329. The smallest absolute Gasteiger partial charge is 0.260 e. The molecule has 0 aliphatic heterocycles. The third-order valence-corrected chi connectivity index (χ3v) is 2.53. The molecule has 0 saturated carbocycles. The topological polar surface area (TPSA) is 64.6 Å². The predicted octanol–water partition coefficient (Wildman–Crippen LogP) is 1.94. The highest BCUT2D eigenvalue weighted by Gasteiger charge is 2.09. The minimum Gasteiger partial charge on any atom is -0.467 e. The zero-order valence-electron chi connectivity index (χ0n) is 9.83. The molecule has 0 aliphatic rings. The van der Waals surface area contributed by atoms with E-state index in [1.54, 1.807) is 19.5 Å². The third kappa shape index (κ3) is 1.88. The molecule has 0 unspecified atom stereocenters. The van der Waals surface area contributed by atoms with Gasteiger partial charge in [0.2, 0.25) is 5.65 Å². The maximum atomic E-state index is 5.64. The average molecular weight is 244 g/mol.